The number of ketones is 1. The molecule has 102 valence electrons. The van der Waals surface area contributed by atoms with Gasteiger partial charge < -0.3 is 5.32 Å². The number of hydrogen-bond acceptors (Lipinski definition) is 2. The van der Waals surface area contributed by atoms with E-state index in [2.05, 4.69) is 5.32 Å². The Morgan fingerprint density at radius 3 is 2.35 bits per heavy atom. The summed E-state index contributed by atoms with van der Waals surface area (Å²) in [7, 11) is 0. The van der Waals surface area contributed by atoms with Gasteiger partial charge in [0.15, 0.2) is 5.78 Å². The molecule has 0 radical (unpaired) electrons. The summed E-state index contributed by atoms with van der Waals surface area (Å²) in [6, 6.07) is 13.8. The van der Waals surface area contributed by atoms with Crippen LogP contribution in [0.15, 0.2) is 48.5 Å². The molecule has 0 saturated carbocycles. The Balaban J connectivity index is 1.99. The van der Waals surface area contributed by atoms with Crippen LogP contribution in [0.25, 0.3) is 0 Å². The molecule has 0 aliphatic heterocycles. The van der Waals surface area contributed by atoms with Crippen molar-refractivity contribution in [1.82, 2.24) is 5.32 Å². The van der Waals surface area contributed by atoms with E-state index in [1.807, 2.05) is 19.1 Å². The second kappa shape index (κ2) is 6.35. The van der Waals surface area contributed by atoms with Gasteiger partial charge in [-0.2, -0.15) is 0 Å². The Kier molecular flexibility index (Phi) is 4.53. The van der Waals surface area contributed by atoms with Gasteiger partial charge in [0.05, 0.1) is 6.54 Å². The van der Waals surface area contributed by atoms with Crippen LogP contribution in [-0.2, 0) is 0 Å². The summed E-state index contributed by atoms with van der Waals surface area (Å²) >= 11 is 5.76. The van der Waals surface area contributed by atoms with Gasteiger partial charge in [0.2, 0.25) is 0 Å². The second-order valence-electron chi connectivity index (χ2n) is 4.43. The highest BCUT2D eigenvalue weighted by molar-refractivity contribution is 6.30. The molecular weight excluding hydrogens is 274 g/mol. The minimum absolute atomic E-state index is 0.0329. The average molecular weight is 288 g/mol. The molecule has 3 nitrogen and oxygen atoms in total. The molecule has 2 aromatic rings. The normalized spacial score (nSPS) is 10.1. The molecule has 4 heteroatoms. The quantitative estimate of drug-likeness (QED) is 0.877. The number of aryl methyl sites for hydroxylation is 1. The Morgan fingerprint density at radius 1 is 1.05 bits per heavy atom. The van der Waals surface area contributed by atoms with Crippen molar-refractivity contribution in [2.24, 2.45) is 0 Å². The SMILES string of the molecule is Cc1ccccc1C(=O)NCC(=O)c1ccc(Cl)cc1. The van der Waals surface area contributed by atoms with Gasteiger partial charge in [0.25, 0.3) is 5.91 Å². The zero-order chi connectivity index (χ0) is 14.5. The maximum atomic E-state index is 12.0. The van der Waals surface area contributed by atoms with Crippen molar-refractivity contribution in [2.75, 3.05) is 6.54 Å². The van der Waals surface area contributed by atoms with Crippen LogP contribution in [0.3, 0.4) is 0 Å². The van der Waals surface area contributed by atoms with Crippen LogP contribution in [0.5, 0.6) is 0 Å². The number of carbonyl (C=O) groups excluding carboxylic acids is 2. The maximum absolute atomic E-state index is 12.0. The van der Waals surface area contributed by atoms with Crippen LogP contribution >= 0.6 is 11.6 Å². The Labute approximate surface area is 122 Å². The fourth-order valence-electron chi connectivity index (χ4n) is 1.82. The smallest absolute Gasteiger partial charge is 0.251 e. The van der Waals surface area contributed by atoms with E-state index < -0.39 is 0 Å². The fraction of sp³-hybridized carbons (Fsp3) is 0.125. The number of hydrogen-bond donors (Lipinski definition) is 1. The predicted molar refractivity (Wildman–Crippen MR) is 79.3 cm³/mol. The molecule has 0 saturated heterocycles. The average Bonchev–Trinajstić information content (AvgIpc) is 2.45. The van der Waals surface area contributed by atoms with Crippen molar-refractivity contribution in [3.63, 3.8) is 0 Å². The molecule has 0 heterocycles. The van der Waals surface area contributed by atoms with Crippen LogP contribution in [0.2, 0.25) is 5.02 Å². The highest BCUT2D eigenvalue weighted by atomic mass is 35.5. The molecule has 0 unspecified atom stereocenters. The molecule has 2 aromatic carbocycles. The van der Waals surface area contributed by atoms with E-state index >= 15 is 0 Å². The van der Waals surface area contributed by atoms with Gasteiger partial charge in [-0.3, -0.25) is 9.59 Å². The number of nitrogens with one attached hydrogen (secondary N) is 1. The summed E-state index contributed by atoms with van der Waals surface area (Å²) in [5, 5.41) is 3.21. The molecule has 20 heavy (non-hydrogen) atoms. The first kappa shape index (κ1) is 14.3. The molecule has 0 aliphatic rings. The lowest BCUT2D eigenvalue weighted by molar-refractivity contribution is 0.0903. The number of halogens is 1. The van der Waals surface area contributed by atoms with E-state index in [0.717, 1.165) is 5.56 Å². The van der Waals surface area contributed by atoms with Crippen LogP contribution in [0.4, 0.5) is 0 Å². The third kappa shape index (κ3) is 3.45. The van der Waals surface area contributed by atoms with Gasteiger partial charge >= 0.3 is 0 Å². The third-order valence-corrected chi connectivity index (χ3v) is 3.22. The maximum Gasteiger partial charge on any atom is 0.251 e. The lowest BCUT2D eigenvalue weighted by Crippen LogP contribution is -2.30. The Hall–Kier alpha value is -2.13. The first-order valence-electron chi connectivity index (χ1n) is 6.20. The molecule has 0 atom stereocenters. The van der Waals surface area contributed by atoms with E-state index in [1.54, 1.807) is 36.4 Å². The number of carbonyl (C=O) groups is 2. The van der Waals surface area contributed by atoms with Gasteiger partial charge in [-0.25, -0.2) is 0 Å². The van der Waals surface area contributed by atoms with Crippen LogP contribution in [-0.4, -0.2) is 18.2 Å². The molecule has 0 aromatic heterocycles. The van der Waals surface area contributed by atoms with Gasteiger partial charge in [0, 0.05) is 16.1 Å². The highest BCUT2D eigenvalue weighted by Crippen LogP contribution is 2.10. The van der Waals surface area contributed by atoms with Crippen LogP contribution < -0.4 is 5.32 Å². The van der Waals surface area contributed by atoms with Crippen LogP contribution in [0, 0.1) is 6.92 Å². The molecule has 0 bridgehead atoms. The molecule has 0 spiro atoms. The Bertz CT molecular complexity index is 635. The van der Waals surface area contributed by atoms with Crippen molar-refractivity contribution in [1.29, 1.82) is 0 Å². The van der Waals surface area contributed by atoms with E-state index in [9.17, 15) is 9.59 Å². The van der Waals surface area contributed by atoms with Gasteiger partial charge in [-0.1, -0.05) is 29.8 Å². The first-order chi connectivity index (χ1) is 9.58. The van der Waals surface area contributed by atoms with Crippen molar-refractivity contribution in [2.45, 2.75) is 6.92 Å². The van der Waals surface area contributed by atoms with E-state index in [1.165, 1.54) is 0 Å². The largest absolute Gasteiger partial charge is 0.345 e. The summed E-state index contributed by atoms with van der Waals surface area (Å²) in [5.41, 5.74) is 1.99. The minimum Gasteiger partial charge on any atom is -0.345 e. The predicted octanol–water partition coefficient (Wildman–Crippen LogP) is 3.26. The fourth-order valence-corrected chi connectivity index (χ4v) is 1.95. The highest BCUT2D eigenvalue weighted by Gasteiger charge is 2.11. The number of benzene rings is 2. The molecule has 2 rings (SSSR count). The zero-order valence-electron chi connectivity index (χ0n) is 11.0. The molecule has 1 N–H and O–H groups in total. The second-order valence-corrected chi connectivity index (χ2v) is 4.86. The minimum atomic E-state index is -0.245. The zero-order valence-corrected chi connectivity index (χ0v) is 11.8. The van der Waals surface area contributed by atoms with Gasteiger partial charge in [-0.15, -0.1) is 0 Å². The topological polar surface area (TPSA) is 46.2 Å². The summed E-state index contributed by atoms with van der Waals surface area (Å²) in [5.74, 6) is -0.394. The van der Waals surface area contributed by atoms with Gasteiger partial charge in [-0.05, 0) is 42.8 Å². The van der Waals surface area contributed by atoms with Crippen molar-refractivity contribution in [3.05, 3.63) is 70.2 Å². The van der Waals surface area contributed by atoms with Gasteiger partial charge in [0.1, 0.15) is 0 Å². The van der Waals surface area contributed by atoms with Crippen LogP contribution in [0.1, 0.15) is 26.3 Å². The summed E-state index contributed by atoms with van der Waals surface area (Å²) in [6.07, 6.45) is 0. The lowest BCUT2D eigenvalue weighted by Gasteiger charge is -2.07. The molecule has 0 fully saturated rings. The Morgan fingerprint density at radius 2 is 1.70 bits per heavy atom. The van der Waals surface area contributed by atoms with Crippen molar-refractivity contribution in [3.8, 4) is 0 Å². The summed E-state index contributed by atoms with van der Waals surface area (Å²) in [6.45, 7) is 1.82. The monoisotopic (exact) mass is 287 g/mol. The molecule has 0 aliphatic carbocycles. The summed E-state index contributed by atoms with van der Waals surface area (Å²) < 4.78 is 0. The van der Waals surface area contributed by atoms with E-state index in [-0.39, 0.29) is 18.2 Å². The third-order valence-electron chi connectivity index (χ3n) is 2.97. The first-order valence-corrected chi connectivity index (χ1v) is 6.58. The number of rotatable bonds is 4. The summed E-state index contributed by atoms with van der Waals surface area (Å²) in [4.78, 5) is 23.9. The standard InChI is InChI=1S/C16H14ClNO2/c1-11-4-2-3-5-14(11)16(20)18-10-15(19)12-6-8-13(17)9-7-12/h2-9H,10H2,1H3,(H,18,20). The van der Waals surface area contributed by atoms with Crippen molar-refractivity contribution >= 4 is 23.3 Å². The molecular formula is C16H14ClNO2. The van der Waals surface area contributed by atoms with E-state index in [4.69, 9.17) is 11.6 Å². The lowest BCUT2D eigenvalue weighted by atomic mass is 10.1. The van der Waals surface area contributed by atoms with Crippen molar-refractivity contribution < 1.29 is 9.59 Å². The van der Waals surface area contributed by atoms with E-state index in [0.29, 0.717) is 16.1 Å². The number of amides is 1. The molecule has 1 amide bonds. The number of Topliss-reactive ketones (excluding diaryl/α,β-unsaturated/α-hetero) is 1.